The number of para-hydroxylation sites is 1. The lowest BCUT2D eigenvalue weighted by atomic mass is 10.1. The summed E-state index contributed by atoms with van der Waals surface area (Å²) in [5.74, 6) is -1.04. The minimum absolute atomic E-state index is 0.0609. The molecule has 6 nitrogen and oxygen atoms in total. The van der Waals surface area contributed by atoms with E-state index < -0.39 is 18.0 Å². The number of aryl methyl sites for hydroxylation is 2. The average Bonchev–Trinajstić information content (AvgIpc) is 3.07. The van der Waals surface area contributed by atoms with Crippen LogP contribution in [0, 0.1) is 13.8 Å². The summed E-state index contributed by atoms with van der Waals surface area (Å²) in [4.78, 5) is 25.2. The average molecular weight is 395 g/mol. The molecule has 0 fully saturated rings. The SMILES string of the molecule is CCOCc1c(C(=O)O[C@@H](C)C(=O)Nc2ccc(C)cc2C)oc2ccccc12. The lowest BCUT2D eigenvalue weighted by molar-refractivity contribution is -0.123. The second kappa shape index (κ2) is 8.92. The summed E-state index contributed by atoms with van der Waals surface area (Å²) in [7, 11) is 0. The molecule has 1 atom stereocenters. The number of hydrogen-bond donors (Lipinski definition) is 1. The fourth-order valence-corrected chi connectivity index (χ4v) is 3.07. The van der Waals surface area contributed by atoms with Crippen LogP contribution in [-0.4, -0.2) is 24.6 Å². The van der Waals surface area contributed by atoms with Crippen LogP contribution in [0.4, 0.5) is 5.69 Å². The predicted molar refractivity (Wildman–Crippen MR) is 111 cm³/mol. The Labute approximate surface area is 169 Å². The Morgan fingerprint density at radius 1 is 1.14 bits per heavy atom. The maximum Gasteiger partial charge on any atom is 0.375 e. The van der Waals surface area contributed by atoms with Gasteiger partial charge in [0, 0.05) is 23.2 Å². The number of amides is 1. The van der Waals surface area contributed by atoms with E-state index in [-0.39, 0.29) is 12.4 Å². The van der Waals surface area contributed by atoms with Crippen LogP contribution in [0.3, 0.4) is 0 Å². The van der Waals surface area contributed by atoms with Crippen LogP contribution in [-0.2, 0) is 20.9 Å². The van der Waals surface area contributed by atoms with Crippen molar-refractivity contribution in [2.45, 2.75) is 40.4 Å². The fraction of sp³-hybridized carbons (Fsp3) is 0.304. The van der Waals surface area contributed by atoms with Crippen molar-refractivity contribution in [1.82, 2.24) is 0 Å². The van der Waals surface area contributed by atoms with Crippen molar-refractivity contribution < 1.29 is 23.5 Å². The number of furan rings is 1. The van der Waals surface area contributed by atoms with Crippen molar-refractivity contribution in [3.63, 3.8) is 0 Å². The van der Waals surface area contributed by atoms with E-state index in [1.165, 1.54) is 6.92 Å². The predicted octanol–water partition coefficient (Wildman–Crippen LogP) is 4.77. The Kier molecular flexibility index (Phi) is 6.34. The van der Waals surface area contributed by atoms with Gasteiger partial charge in [0.05, 0.1) is 6.61 Å². The van der Waals surface area contributed by atoms with Crippen LogP contribution in [0.2, 0.25) is 0 Å². The van der Waals surface area contributed by atoms with Gasteiger partial charge in [0.15, 0.2) is 6.10 Å². The molecule has 0 saturated heterocycles. The monoisotopic (exact) mass is 395 g/mol. The van der Waals surface area contributed by atoms with E-state index in [1.54, 1.807) is 6.07 Å². The van der Waals surface area contributed by atoms with Crippen molar-refractivity contribution in [1.29, 1.82) is 0 Å². The number of anilines is 1. The maximum atomic E-state index is 12.7. The van der Waals surface area contributed by atoms with Crippen molar-refractivity contribution in [3.05, 3.63) is 64.9 Å². The molecule has 1 aromatic heterocycles. The van der Waals surface area contributed by atoms with Crippen LogP contribution < -0.4 is 5.32 Å². The summed E-state index contributed by atoms with van der Waals surface area (Å²) in [5, 5.41) is 3.59. The van der Waals surface area contributed by atoms with E-state index in [9.17, 15) is 9.59 Å². The molecule has 3 rings (SSSR count). The van der Waals surface area contributed by atoms with Gasteiger partial charge in [-0.25, -0.2) is 4.79 Å². The van der Waals surface area contributed by atoms with Gasteiger partial charge in [-0.15, -0.1) is 0 Å². The molecule has 0 aliphatic heterocycles. The standard InChI is InChI=1S/C23H25NO5/c1-5-27-13-18-17-8-6-7-9-20(17)29-21(18)23(26)28-16(4)22(25)24-19-11-10-14(2)12-15(19)3/h6-12,16H,5,13H2,1-4H3,(H,24,25)/t16-/m0/s1. The highest BCUT2D eigenvalue weighted by Crippen LogP contribution is 2.27. The normalized spacial score (nSPS) is 12.0. The molecule has 1 N–H and O–H groups in total. The molecule has 2 aromatic carbocycles. The lowest BCUT2D eigenvalue weighted by Crippen LogP contribution is -2.30. The fourth-order valence-electron chi connectivity index (χ4n) is 3.07. The third kappa shape index (κ3) is 4.66. The third-order valence-electron chi connectivity index (χ3n) is 4.63. The number of fused-ring (bicyclic) bond motifs is 1. The lowest BCUT2D eigenvalue weighted by Gasteiger charge is -2.15. The molecule has 152 valence electrons. The van der Waals surface area contributed by atoms with Gasteiger partial charge in [0.25, 0.3) is 5.91 Å². The molecule has 0 bridgehead atoms. The van der Waals surface area contributed by atoms with E-state index in [0.29, 0.717) is 23.4 Å². The van der Waals surface area contributed by atoms with Gasteiger partial charge in [-0.2, -0.15) is 0 Å². The first kappa shape index (κ1) is 20.6. The van der Waals surface area contributed by atoms with E-state index in [2.05, 4.69) is 5.32 Å². The molecular weight excluding hydrogens is 370 g/mol. The van der Waals surface area contributed by atoms with Gasteiger partial charge < -0.3 is 19.2 Å². The highest BCUT2D eigenvalue weighted by Gasteiger charge is 2.26. The summed E-state index contributed by atoms with van der Waals surface area (Å²) in [6.45, 7) is 8.02. The molecule has 0 radical (unpaired) electrons. The van der Waals surface area contributed by atoms with Crippen LogP contribution in [0.25, 0.3) is 11.0 Å². The zero-order valence-corrected chi connectivity index (χ0v) is 17.1. The molecule has 0 spiro atoms. The van der Waals surface area contributed by atoms with E-state index in [1.807, 2.05) is 57.2 Å². The molecule has 0 aliphatic rings. The molecular formula is C23H25NO5. The second-order valence-corrected chi connectivity index (χ2v) is 6.90. The van der Waals surface area contributed by atoms with Crippen molar-refractivity contribution in [2.75, 3.05) is 11.9 Å². The van der Waals surface area contributed by atoms with Gasteiger partial charge in [-0.05, 0) is 45.4 Å². The number of carbonyl (C=O) groups is 2. The molecule has 29 heavy (non-hydrogen) atoms. The number of rotatable bonds is 7. The van der Waals surface area contributed by atoms with Gasteiger partial charge in [-0.3, -0.25) is 4.79 Å². The van der Waals surface area contributed by atoms with Crippen LogP contribution in [0.1, 0.15) is 41.1 Å². The van der Waals surface area contributed by atoms with E-state index in [4.69, 9.17) is 13.9 Å². The van der Waals surface area contributed by atoms with Gasteiger partial charge >= 0.3 is 5.97 Å². The summed E-state index contributed by atoms with van der Waals surface area (Å²) in [6.07, 6.45) is -0.989. The van der Waals surface area contributed by atoms with Crippen LogP contribution in [0.5, 0.6) is 0 Å². The minimum atomic E-state index is -0.989. The summed E-state index contributed by atoms with van der Waals surface area (Å²) in [5.41, 5.74) is 3.92. The maximum absolute atomic E-state index is 12.7. The van der Waals surface area contributed by atoms with Gasteiger partial charge in [0.1, 0.15) is 5.58 Å². The van der Waals surface area contributed by atoms with Crippen molar-refractivity contribution in [2.24, 2.45) is 0 Å². The van der Waals surface area contributed by atoms with Crippen molar-refractivity contribution >= 4 is 28.5 Å². The number of carbonyl (C=O) groups excluding carboxylic acids is 2. The summed E-state index contributed by atoms with van der Waals surface area (Å²) >= 11 is 0. The number of esters is 1. The molecule has 6 heteroatoms. The first-order valence-electron chi connectivity index (χ1n) is 9.58. The van der Waals surface area contributed by atoms with Crippen molar-refractivity contribution in [3.8, 4) is 0 Å². The number of hydrogen-bond acceptors (Lipinski definition) is 5. The quantitative estimate of drug-likeness (QED) is 0.583. The zero-order valence-electron chi connectivity index (χ0n) is 17.1. The zero-order chi connectivity index (χ0) is 21.0. The molecule has 0 aliphatic carbocycles. The summed E-state index contributed by atoms with van der Waals surface area (Å²) < 4.78 is 16.6. The first-order valence-corrected chi connectivity index (χ1v) is 9.58. The van der Waals surface area contributed by atoms with Gasteiger partial charge in [-0.1, -0.05) is 35.9 Å². The smallest absolute Gasteiger partial charge is 0.375 e. The third-order valence-corrected chi connectivity index (χ3v) is 4.63. The highest BCUT2D eigenvalue weighted by atomic mass is 16.6. The largest absolute Gasteiger partial charge is 0.449 e. The minimum Gasteiger partial charge on any atom is -0.449 e. The highest BCUT2D eigenvalue weighted by molar-refractivity contribution is 5.99. The Morgan fingerprint density at radius 3 is 2.62 bits per heavy atom. The van der Waals surface area contributed by atoms with Gasteiger partial charge in [0.2, 0.25) is 5.76 Å². The van der Waals surface area contributed by atoms with E-state index in [0.717, 1.165) is 16.5 Å². The van der Waals surface area contributed by atoms with Crippen LogP contribution in [0.15, 0.2) is 46.9 Å². The number of nitrogens with one attached hydrogen (secondary N) is 1. The Morgan fingerprint density at radius 2 is 1.90 bits per heavy atom. The molecule has 1 heterocycles. The van der Waals surface area contributed by atoms with Crippen LogP contribution >= 0.6 is 0 Å². The number of ether oxygens (including phenoxy) is 2. The molecule has 0 saturated carbocycles. The molecule has 1 amide bonds. The Hall–Kier alpha value is -3.12. The summed E-state index contributed by atoms with van der Waals surface area (Å²) in [6, 6.07) is 13.0. The number of benzene rings is 2. The van der Waals surface area contributed by atoms with E-state index >= 15 is 0 Å². The second-order valence-electron chi connectivity index (χ2n) is 6.90. The molecule has 0 unspecified atom stereocenters. The molecule has 3 aromatic rings. The Balaban J connectivity index is 1.76. The first-order chi connectivity index (χ1) is 13.9. The topological polar surface area (TPSA) is 77.8 Å². The Bertz CT molecular complexity index is 1040.